The zero-order valence-corrected chi connectivity index (χ0v) is 12.1. The van der Waals surface area contributed by atoms with Crippen LogP contribution in [0.2, 0.25) is 0 Å². The van der Waals surface area contributed by atoms with Crippen molar-refractivity contribution in [1.29, 1.82) is 0 Å². The molecule has 0 spiro atoms. The molecule has 0 aliphatic rings. The van der Waals surface area contributed by atoms with Crippen LogP contribution >= 0.6 is 0 Å². The second-order valence-corrected chi connectivity index (χ2v) is 4.53. The molecular formula is C15H14F6N2O. The highest BCUT2D eigenvalue weighted by atomic mass is 19.4. The Hall–Kier alpha value is -2.42. The molecular weight excluding hydrogens is 338 g/mol. The fourth-order valence-electron chi connectivity index (χ4n) is 1.54. The number of rotatable bonds is 2. The first-order valence-corrected chi connectivity index (χ1v) is 6.49. The minimum atomic E-state index is -4.31. The summed E-state index contributed by atoms with van der Waals surface area (Å²) in [5.41, 5.74) is 4.62. The summed E-state index contributed by atoms with van der Waals surface area (Å²) in [6, 6.07) is 8.80. The third kappa shape index (κ3) is 6.37. The number of aliphatic hydroxyl groups excluding tert-OH is 1. The summed E-state index contributed by atoms with van der Waals surface area (Å²) in [6.07, 6.45) is -8.58. The average Bonchev–Trinajstić information content (AvgIpc) is 2.47. The second-order valence-electron chi connectivity index (χ2n) is 4.53. The van der Waals surface area contributed by atoms with Gasteiger partial charge >= 0.3 is 12.4 Å². The minimum absolute atomic E-state index is 0.300. The van der Waals surface area contributed by atoms with Crippen molar-refractivity contribution >= 4 is 11.4 Å². The largest absolute Gasteiger partial charge is 0.416 e. The molecule has 0 aromatic heterocycles. The number of aliphatic hydroxyl groups is 1. The first kappa shape index (κ1) is 19.6. The van der Waals surface area contributed by atoms with E-state index in [-0.39, 0.29) is 6.73 Å². The van der Waals surface area contributed by atoms with Gasteiger partial charge < -0.3 is 16.2 Å². The summed E-state index contributed by atoms with van der Waals surface area (Å²) >= 11 is 0. The lowest BCUT2D eigenvalue weighted by molar-refractivity contribution is -0.138. The van der Waals surface area contributed by atoms with Gasteiger partial charge in [0.15, 0.2) is 0 Å². The molecule has 0 heterocycles. The van der Waals surface area contributed by atoms with Crippen molar-refractivity contribution in [1.82, 2.24) is 0 Å². The third-order valence-corrected chi connectivity index (χ3v) is 2.73. The molecule has 132 valence electrons. The van der Waals surface area contributed by atoms with Gasteiger partial charge in [0.2, 0.25) is 0 Å². The molecule has 4 N–H and O–H groups in total. The van der Waals surface area contributed by atoms with Gasteiger partial charge in [0.25, 0.3) is 0 Å². The van der Waals surface area contributed by atoms with Crippen molar-refractivity contribution in [2.24, 2.45) is 0 Å². The number of nitrogen functional groups attached to an aromatic ring is 1. The van der Waals surface area contributed by atoms with Gasteiger partial charge in [-0.1, -0.05) is 0 Å². The summed E-state index contributed by atoms with van der Waals surface area (Å²) in [6.45, 7) is -0.300. The standard InChI is InChI=1S/C8H8F3NO.C7H6F3N/c9-8(10,11)6-1-3-7(4-2-6)12-5-13;8-7(9,10)5-1-3-6(11)4-2-5/h1-4,12-13H,5H2;1-4H,11H2. The molecule has 9 heteroatoms. The number of nitrogens with two attached hydrogens (primary N) is 1. The molecule has 2 aromatic carbocycles. The minimum Gasteiger partial charge on any atom is -0.399 e. The molecule has 0 amide bonds. The Bertz CT molecular complexity index is 620. The maximum absolute atomic E-state index is 12.0. The van der Waals surface area contributed by atoms with Gasteiger partial charge in [0.1, 0.15) is 6.73 Å². The predicted octanol–water partition coefficient (Wildman–Crippen LogP) is 4.35. The maximum atomic E-state index is 12.0. The topological polar surface area (TPSA) is 58.3 Å². The molecule has 0 unspecified atom stereocenters. The Balaban J connectivity index is 0.000000243. The van der Waals surface area contributed by atoms with Crippen molar-refractivity contribution in [2.75, 3.05) is 17.8 Å². The number of hydrogen-bond donors (Lipinski definition) is 3. The van der Waals surface area contributed by atoms with E-state index in [1.54, 1.807) is 0 Å². The van der Waals surface area contributed by atoms with Gasteiger partial charge in [-0.15, -0.1) is 0 Å². The summed E-state index contributed by atoms with van der Waals surface area (Å²) in [4.78, 5) is 0. The quantitative estimate of drug-likeness (QED) is 0.428. The van der Waals surface area contributed by atoms with Crippen LogP contribution in [0.15, 0.2) is 48.5 Å². The van der Waals surface area contributed by atoms with Crippen molar-refractivity contribution < 1.29 is 31.4 Å². The summed E-state index contributed by atoms with van der Waals surface area (Å²) < 4.78 is 71.7. The zero-order valence-electron chi connectivity index (χ0n) is 12.1. The molecule has 0 saturated carbocycles. The van der Waals surface area contributed by atoms with Gasteiger partial charge in [-0.25, -0.2) is 0 Å². The number of nitrogens with one attached hydrogen (secondary N) is 1. The van der Waals surface area contributed by atoms with Crippen LogP contribution in [-0.2, 0) is 12.4 Å². The second kappa shape index (κ2) is 7.91. The van der Waals surface area contributed by atoms with E-state index >= 15 is 0 Å². The highest BCUT2D eigenvalue weighted by Crippen LogP contribution is 2.30. The Labute approximate surface area is 133 Å². The number of anilines is 2. The lowest BCUT2D eigenvalue weighted by Crippen LogP contribution is -2.05. The van der Waals surface area contributed by atoms with E-state index in [1.165, 1.54) is 24.3 Å². The van der Waals surface area contributed by atoms with E-state index in [2.05, 4.69) is 5.32 Å². The summed E-state index contributed by atoms with van der Waals surface area (Å²) in [5.74, 6) is 0. The van der Waals surface area contributed by atoms with Crippen LogP contribution in [0.4, 0.5) is 37.7 Å². The fourth-order valence-corrected chi connectivity index (χ4v) is 1.54. The number of hydrogen-bond acceptors (Lipinski definition) is 3. The normalized spacial score (nSPS) is 11.5. The van der Waals surface area contributed by atoms with Gasteiger partial charge in [0, 0.05) is 11.4 Å². The van der Waals surface area contributed by atoms with Crippen LogP contribution in [0.5, 0.6) is 0 Å². The molecule has 3 nitrogen and oxygen atoms in total. The first-order chi connectivity index (χ1) is 11.0. The monoisotopic (exact) mass is 352 g/mol. The smallest absolute Gasteiger partial charge is 0.399 e. The summed E-state index contributed by atoms with van der Waals surface area (Å²) in [5, 5.41) is 10.9. The van der Waals surface area contributed by atoms with Crippen LogP contribution < -0.4 is 11.1 Å². The Morgan fingerprint density at radius 1 is 0.750 bits per heavy atom. The molecule has 0 aliphatic carbocycles. The SMILES string of the molecule is Nc1ccc(C(F)(F)F)cc1.OCNc1ccc(C(F)(F)F)cc1. The Kier molecular flexibility index (Phi) is 6.47. The van der Waals surface area contributed by atoms with Gasteiger partial charge in [0.05, 0.1) is 11.1 Å². The molecule has 0 fully saturated rings. The number of benzene rings is 2. The van der Waals surface area contributed by atoms with E-state index < -0.39 is 23.5 Å². The molecule has 0 radical (unpaired) electrons. The predicted molar refractivity (Wildman–Crippen MR) is 78.0 cm³/mol. The van der Waals surface area contributed by atoms with Gasteiger partial charge in [-0.2, -0.15) is 26.3 Å². The van der Waals surface area contributed by atoms with E-state index in [0.717, 1.165) is 24.3 Å². The van der Waals surface area contributed by atoms with E-state index in [9.17, 15) is 26.3 Å². The van der Waals surface area contributed by atoms with Crippen LogP contribution in [0.1, 0.15) is 11.1 Å². The molecule has 0 saturated heterocycles. The average molecular weight is 352 g/mol. The van der Waals surface area contributed by atoms with E-state index in [4.69, 9.17) is 10.8 Å². The van der Waals surface area contributed by atoms with E-state index in [0.29, 0.717) is 11.4 Å². The Morgan fingerprint density at radius 2 is 1.12 bits per heavy atom. The lowest BCUT2D eigenvalue weighted by Gasteiger charge is -2.07. The molecule has 0 atom stereocenters. The number of halogens is 6. The van der Waals surface area contributed by atoms with Gasteiger partial charge in [-0.3, -0.25) is 0 Å². The molecule has 24 heavy (non-hydrogen) atoms. The third-order valence-electron chi connectivity index (χ3n) is 2.73. The van der Waals surface area contributed by atoms with Crippen molar-refractivity contribution in [3.05, 3.63) is 59.7 Å². The molecule has 2 rings (SSSR count). The van der Waals surface area contributed by atoms with Crippen molar-refractivity contribution in [3.8, 4) is 0 Å². The van der Waals surface area contributed by atoms with Crippen LogP contribution in [-0.4, -0.2) is 11.8 Å². The van der Waals surface area contributed by atoms with Crippen molar-refractivity contribution in [3.63, 3.8) is 0 Å². The Morgan fingerprint density at radius 3 is 1.46 bits per heavy atom. The molecule has 0 aliphatic heterocycles. The van der Waals surface area contributed by atoms with Crippen LogP contribution in [0.3, 0.4) is 0 Å². The van der Waals surface area contributed by atoms with E-state index in [1.807, 2.05) is 0 Å². The van der Waals surface area contributed by atoms with Gasteiger partial charge in [-0.05, 0) is 48.5 Å². The highest BCUT2D eigenvalue weighted by Gasteiger charge is 2.30. The zero-order chi connectivity index (χ0) is 18.4. The van der Waals surface area contributed by atoms with Crippen LogP contribution in [0.25, 0.3) is 0 Å². The summed E-state index contributed by atoms with van der Waals surface area (Å²) in [7, 11) is 0. The first-order valence-electron chi connectivity index (χ1n) is 6.49. The lowest BCUT2D eigenvalue weighted by atomic mass is 10.2. The fraction of sp³-hybridized carbons (Fsp3) is 0.200. The highest BCUT2D eigenvalue weighted by molar-refractivity contribution is 5.44. The molecule has 2 aromatic rings. The van der Waals surface area contributed by atoms with Crippen LogP contribution in [0, 0.1) is 0 Å². The molecule has 0 bridgehead atoms. The van der Waals surface area contributed by atoms with Crippen molar-refractivity contribution in [2.45, 2.75) is 12.4 Å². The maximum Gasteiger partial charge on any atom is 0.416 e. The number of alkyl halides is 6.